The number of halogens is 2. The van der Waals surface area contributed by atoms with Crippen LogP contribution in [0.3, 0.4) is 0 Å². The monoisotopic (exact) mass is 367 g/mol. The number of carbonyl (C=O) groups is 1. The Morgan fingerprint density at radius 2 is 1.92 bits per heavy atom. The Morgan fingerprint density at radius 1 is 1.24 bits per heavy atom. The number of piperidine rings is 1. The highest BCUT2D eigenvalue weighted by Crippen LogP contribution is 2.33. The molecule has 2 fully saturated rings. The van der Waals surface area contributed by atoms with Gasteiger partial charge in [0.2, 0.25) is 5.91 Å². The lowest BCUT2D eigenvalue weighted by atomic mass is 9.80. The van der Waals surface area contributed by atoms with Gasteiger partial charge in [0.1, 0.15) is 11.4 Å². The Kier molecular flexibility index (Phi) is 5.85. The zero-order valence-electron chi connectivity index (χ0n) is 14.8. The molecule has 2 aliphatic rings. The number of benzene rings is 1. The van der Waals surface area contributed by atoms with E-state index in [4.69, 9.17) is 11.6 Å². The fourth-order valence-corrected chi connectivity index (χ4v) is 4.07. The molecule has 2 N–H and O–H groups in total. The second kappa shape index (κ2) is 7.92. The van der Waals surface area contributed by atoms with Crippen molar-refractivity contribution in [2.24, 2.45) is 0 Å². The van der Waals surface area contributed by atoms with E-state index >= 15 is 0 Å². The molecule has 0 spiro atoms. The van der Waals surface area contributed by atoms with Crippen molar-refractivity contribution < 1.29 is 9.18 Å². The highest BCUT2D eigenvalue weighted by molar-refractivity contribution is 6.31. The first-order chi connectivity index (χ1) is 12.0. The van der Waals surface area contributed by atoms with Gasteiger partial charge in [0.05, 0.1) is 5.02 Å². The third-order valence-electron chi connectivity index (χ3n) is 5.50. The Morgan fingerprint density at radius 3 is 2.56 bits per heavy atom. The lowest BCUT2D eigenvalue weighted by molar-refractivity contribution is -0.127. The van der Waals surface area contributed by atoms with E-state index in [1.165, 1.54) is 6.07 Å². The molecule has 1 aromatic rings. The average molecular weight is 368 g/mol. The molecule has 1 aromatic carbocycles. The predicted octanol–water partition coefficient (Wildman–Crippen LogP) is 3.80. The molecular formula is C19H27ClFN3O. The Bertz CT molecular complexity index is 611. The third-order valence-corrected chi connectivity index (χ3v) is 5.79. The van der Waals surface area contributed by atoms with Crippen molar-refractivity contribution >= 4 is 23.2 Å². The highest BCUT2D eigenvalue weighted by Gasteiger charge is 2.40. The average Bonchev–Trinajstić information content (AvgIpc) is 2.61. The largest absolute Gasteiger partial charge is 0.371 e. The summed E-state index contributed by atoms with van der Waals surface area (Å²) in [5, 5.41) is 6.72. The number of anilines is 1. The smallest absolute Gasteiger partial charge is 0.245 e. The van der Waals surface area contributed by atoms with E-state index in [9.17, 15) is 9.18 Å². The first-order valence-electron chi connectivity index (χ1n) is 9.21. The van der Waals surface area contributed by atoms with Crippen molar-refractivity contribution in [2.75, 3.05) is 25.5 Å². The standard InChI is InChI=1S/C19H27ClFN3O/c1-24-11-7-14(8-12-24)22-18(25)19(9-3-2-4-10-19)23-15-5-6-17(21)16(20)13-15/h5-6,13-14,23H,2-4,7-12H2,1H3,(H,22,25). The van der Waals surface area contributed by atoms with Gasteiger partial charge in [0.15, 0.2) is 0 Å². The highest BCUT2D eigenvalue weighted by atomic mass is 35.5. The molecule has 0 atom stereocenters. The van der Waals surface area contributed by atoms with Gasteiger partial charge in [-0.05, 0) is 64.0 Å². The van der Waals surface area contributed by atoms with Gasteiger partial charge in [-0.1, -0.05) is 30.9 Å². The van der Waals surface area contributed by atoms with Crippen LogP contribution in [0.15, 0.2) is 18.2 Å². The molecule has 1 heterocycles. The molecule has 0 bridgehead atoms. The minimum Gasteiger partial charge on any atom is -0.371 e. The molecule has 0 radical (unpaired) electrons. The van der Waals surface area contributed by atoms with E-state index in [2.05, 4.69) is 22.6 Å². The maximum Gasteiger partial charge on any atom is 0.245 e. The van der Waals surface area contributed by atoms with Crippen molar-refractivity contribution in [3.63, 3.8) is 0 Å². The molecule has 0 aromatic heterocycles. The van der Waals surface area contributed by atoms with Crippen LogP contribution in [0.1, 0.15) is 44.9 Å². The van der Waals surface area contributed by atoms with E-state index < -0.39 is 11.4 Å². The molecule has 3 rings (SSSR count). The van der Waals surface area contributed by atoms with Gasteiger partial charge in [-0.25, -0.2) is 4.39 Å². The third kappa shape index (κ3) is 4.45. The van der Waals surface area contributed by atoms with Crippen LogP contribution in [0.2, 0.25) is 5.02 Å². The number of nitrogens with one attached hydrogen (secondary N) is 2. The Labute approximate surface area is 154 Å². The fraction of sp³-hybridized carbons (Fsp3) is 0.632. The molecule has 25 heavy (non-hydrogen) atoms. The molecule has 6 heteroatoms. The molecule has 1 aliphatic carbocycles. The van der Waals surface area contributed by atoms with Crippen LogP contribution >= 0.6 is 11.6 Å². The number of rotatable bonds is 4. The van der Waals surface area contributed by atoms with Crippen LogP contribution in [0.5, 0.6) is 0 Å². The summed E-state index contributed by atoms with van der Waals surface area (Å²) in [7, 11) is 2.11. The van der Waals surface area contributed by atoms with E-state index in [1.54, 1.807) is 12.1 Å². The van der Waals surface area contributed by atoms with Gasteiger partial charge in [0, 0.05) is 11.7 Å². The van der Waals surface area contributed by atoms with Gasteiger partial charge < -0.3 is 15.5 Å². The van der Waals surface area contributed by atoms with Crippen LogP contribution < -0.4 is 10.6 Å². The summed E-state index contributed by atoms with van der Waals surface area (Å²) >= 11 is 5.91. The van der Waals surface area contributed by atoms with Crippen molar-refractivity contribution in [3.8, 4) is 0 Å². The van der Waals surface area contributed by atoms with E-state index in [1.807, 2.05) is 0 Å². The van der Waals surface area contributed by atoms with E-state index in [0.717, 1.165) is 58.0 Å². The van der Waals surface area contributed by atoms with Crippen molar-refractivity contribution in [2.45, 2.75) is 56.5 Å². The van der Waals surface area contributed by atoms with Gasteiger partial charge >= 0.3 is 0 Å². The van der Waals surface area contributed by atoms with Crippen molar-refractivity contribution in [3.05, 3.63) is 29.0 Å². The van der Waals surface area contributed by atoms with Gasteiger partial charge in [-0.15, -0.1) is 0 Å². The van der Waals surface area contributed by atoms with Crippen LogP contribution in [0, 0.1) is 5.82 Å². The van der Waals surface area contributed by atoms with Crippen molar-refractivity contribution in [1.29, 1.82) is 0 Å². The first-order valence-corrected chi connectivity index (χ1v) is 9.59. The molecule has 4 nitrogen and oxygen atoms in total. The number of nitrogens with zero attached hydrogens (tertiary/aromatic N) is 1. The minimum absolute atomic E-state index is 0.0715. The SMILES string of the molecule is CN1CCC(NC(=O)C2(Nc3ccc(F)c(Cl)c3)CCCCC2)CC1. The maximum atomic E-state index is 13.4. The van der Waals surface area contributed by atoms with Crippen LogP contribution in [-0.2, 0) is 4.79 Å². The summed E-state index contributed by atoms with van der Waals surface area (Å²) in [4.78, 5) is 15.4. The normalized spacial score (nSPS) is 21.7. The Hall–Kier alpha value is -1.33. The quantitative estimate of drug-likeness (QED) is 0.850. The molecule has 138 valence electrons. The molecule has 1 saturated heterocycles. The molecular weight excluding hydrogens is 341 g/mol. The van der Waals surface area contributed by atoms with Crippen molar-refractivity contribution in [1.82, 2.24) is 10.2 Å². The van der Waals surface area contributed by atoms with E-state index in [0.29, 0.717) is 5.69 Å². The second-order valence-corrected chi connectivity index (χ2v) is 7.85. The molecule has 0 unspecified atom stereocenters. The zero-order valence-corrected chi connectivity index (χ0v) is 15.5. The minimum atomic E-state index is -0.622. The molecule has 1 saturated carbocycles. The van der Waals surface area contributed by atoms with E-state index in [-0.39, 0.29) is 17.0 Å². The molecule has 1 aliphatic heterocycles. The summed E-state index contributed by atoms with van der Waals surface area (Å²) in [5.41, 5.74) is 0.0785. The summed E-state index contributed by atoms with van der Waals surface area (Å²) in [5.74, 6) is -0.372. The number of carbonyl (C=O) groups excluding carboxylic acids is 1. The second-order valence-electron chi connectivity index (χ2n) is 7.45. The Balaban J connectivity index is 1.73. The van der Waals surface area contributed by atoms with Crippen LogP contribution in [0.4, 0.5) is 10.1 Å². The lowest BCUT2D eigenvalue weighted by Gasteiger charge is -2.39. The van der Waals surface area contributed by atoms with Gasteiger partial charge in [0.25, 0.3) is 0 Å². The number of amides is 1. The summed E-state index contributed by atoms with van der Waals surface area (Å²) in [6.45, 7) is 2.03. The van der Waals surface area contributed by atoms with Crippen LogP contribution in [0.25, 0.3) is 0 Å². The topological polar surface area (TPSA) is 44.4 Å². The summed E-state index contributed by atoms with van der Waals surface area (Å²) in [6.07, 6.45) is 6.74. The maximum absolute atomic E-state index is 13.4. The predicted molar refractivity (Wildman–Crippen MR) is 99.5 cm³/mol. The number of hydrogen-bond acceptors (Lipinski definition) is 3. The molecule has 1 amide bonds. The fourth-order valence-electron chi connectivity index (χ4n) is 3.89. The number of likely N-dealkylation sites (tertiary alicyclic amines) is 1. The first kappa shape index (κ1) is 18.5. The number of hydrogen-bond donors (Lipinski definition) is 2. The lowest BCUT2D eigenvalue weighted by Crippen LogP contribution is -2.57. The van der Waals surface area contributed by atoms with Crippen LogP contribution in [-0.4, -0.2) is 42.5 Å². The van der Waals surface area contributed by atoms with Gasteiger partial charge in [-0.3, -0.25) is 4.79 Å². The summed E-state index contributed by atoms with van der Waals surface area (Å²) < 4.78 is 13.4. The zero-order chi connectivity index (χ0) is 17.9. The summed E-state index contributed by atoms with van der Waals surface area (Å²) in [6, 6.07) is 4.80. The van der Waals surface area contributed by atoms with Gasteiger partial charge in [-0.2, -0.15) is 0 Å².